The summed E-state index contributed by atoms with van der Waals surface area (Å²) in [7, 11) is 1.64. The molecule has 0 saturated heterocycles. The first-order valence-electron chi connectivity index (χ1n) is 10.5. The second-order valence-corrected chi connectivity index (χ2v) is 7.70. The maximum Gasteiger partial charge on any atom is 0.260 e. The monoisotopic (exact) mass is 461 g/mol. The second-order valence-electron chi connectivity index (χ2n) is 7.29. The number of carbonyl (C=O) groups is 2. The van der Waals surface area contributed by atoms with Crippen molar-refractivity contribution in [3.05, 3.63) is 58.6 Å². The molecule has 0 aliphatic carbocycles. The van der Waals surface area contributed by atoms with Crippen LogP contribution in [0.15, 0.2) is 42.5 Å². The topological polar surface area (TPSA) is 91.3 Å². The molecule has 172 valence electrons. The Kier molecular flexibility index (Phi) is 8.87. The largest absolute Gasteiger partial charge is 0.491 e. The van der Waals surface area contributed by atoms with Gasteiger partial charge in [-0.1, -0.05) is 29.8 Å². The van der Waals surface area contributed by atoms with Crippen molar-refractivity contribution in [3.8, 4) is 5.75 Å². The Morgan fingerprint density at radius 2 is 1.97 bits per heavy atom. The molecule has 8 nitrogen and oxygen atoms in total. The molecule has 0 unspecified atom stereocenters. The minimum Gasteiger partial charge on any atom is -0.491 e. The first-order chi connectivity index (χ1) is 15.5. The Balaban J connectivity index is 1.80. The molecule has 3 rings (SSSR count). The fourth-order valence-corrected chi connectivity index (χ4v) is 3.74. The Morgan fingerprint density at radius 1 is 1.16 bits per heavy atom. The molecule has 0 atom stereocenters. The van der Waals surface area contributed by atoms with Gasteiger partial charge in [0.15, 0.2) is 0 Å². The zero-order valence-electron chi connectivity index (χ0n) is 18.1. The van der Waals surface area contributed by atoms with Crippen LogP contribution >= 0.6 is 11.6 Å². The number of amides is 2. The molecular weight excluding hydrogens is 434 g/mol. The maximum absolute atomic E-state index is 13.4. The fraction of sp³-hybridized carbons (Fsp3) is 0.391. The number of nitrogens with zero attached hydrogens (tertiary/aromatic N) is 2. The van der Waals surface area contributed by atoms with Crippen molar-refractivity contribution in [3.63, 3.8) is 0 Å². The zero-order valence-corrected chi connectivity index (χ0v) is 18.8. The van der Waals surface area contributed by atoms with E-state index in [4.69, 9.17) is 26.2 Å². The summed E-state index contributed by atoms with van der Waals surface area (Å²) < 4.78 is 10.4. The molecule has 2 aromatic carbocycles. The molecule has 32 heavy (non-hydrogen) atoms. The smallest absolute Gasteiger partial charge is 0.260 e. The molecule has 0 saturated carbocycles. The number of rotatable bonds is 10. The summed E-state index contributed by atoms with van der Waals surface area (Å²) in [6.45, 7) is 2.82. The van der Waals surface area contributed by atoms with Gasteiger partial charge < -0.3 is 24.8 Å². The van der Waals surface area contributed by atoms with Crippen LogP contribution in [0.5, 0.6) is 5.75 Å². The van der Waals surface area contributed by atoms with Crippen LogP contribution in [0.1, 0.15) is 15.9 Å². The van der Waals surface area contributed by atoms with Gasteiger partial charge in [-0.05, 0) is 29.8 Å². The number of anilines is 1. The summed E-state index contributed by atoms with van der Waals surface area (Å²) in [6, 6.07) is 12.2. The third-order valence-electron chi connectivity index (χ3n) is 5.11. The number of aliphatic hydroxyl groups is 1. The first kappa shape index (κ1) is 24.0. The molecule has 0 spiro atoms. The molecule has 9 heteroatoms. The zero-order chi connectivity index (χ0) is 22.9. The van der Waals surface area contributed by atoms with E-state index in [0.29, 0.717) is 44.2 Å². The average Bonchev–Trinajstić information content (AvgIpc) is 2.93. The number of nitrogens with one attached hydrogen (secondary N) is 1. The highest BCUT2D eigenvalue weighted by Crippen LogP contribution is 2.30. The number of para-hydroxylation sites is 1. The van der Waals surface area contributed by atoms with E-state index >= 15 is 0 Å². The van der Waals surface area contributed by atoms with E-state index in [1.165, 1.54) is 11.0 Å². The molecule has 2 aromatic rings. The predicted octanol–water partition coefficient (Wildman–Crippen LogP) is 1.94. The Morgan fingerprint density at radius 3 is 2.72 bits per heavy atom. The van der Waals surface area contributed by atoms with Crippen molar-refractivity contribution in [1.29, 1.82) is 0 Å². The van der Waals surface area contributed by atoms with E-state index in [1.54, 1.807) is 24.1 Å². The molecule has 0 fully saturated rings. The van der Waals surface area contributed by atoms with Crippen molar-refractivity contribution < 1.29 is 24.2 Å². The van der Waals surface area contributed by atoms with E-state index in [-0.39, 0.29) is 42.2 Å². The predicted molar refractivity (Wildman–Crippen MR) is 122 cm³/mol. The van der Waals surface area contributed by atoms with Gasteiger partial charge in [-0.2, -0.15) is 0 Å². The Labute approximate surface area is 192 Å². The van der Waals surface area contributed by atoms with Gasteiger partial charge in [0.05, 0.1) is 23.8 Å². The third kappa shape index (κ3) is 5.98. The quantitative estimate of drug-likeness (QED) is 0.525. The molecule has 1 heterocycles. The molecule has 0 bridgehead atoms. The number of methoxy groups -OCH3 is 1. The van der Waals surface area contributed by atoms with Gasteiger partial charge in [0, 0.05) is 39.0 Å². The van der Waals surface area contributed by atoms with Crippen molar-refractivity contribution in [2.45, 2.75) is 6.54 Å². The van der Waals surface area contributed by atoms with Crippen LogP contribution in [0.2, 0.25) is 5.02 Å². The number of fused-ring (bicyclic) bond motifs is 1. The molecule has 1 aliphatic heterocycles. The lowest BCUT2D eigenvalue weighted by atomic mass is 10.1. The van der Waals surface area contributed by atoms with Gasteiger partial charge in [-0.3, -0.25) is 14.5 Å². The third-order valence-corrected chi connectivity index (χ3v) is 5.42. The van der Waals surface area contributed by atoms with Gasteiger partial charge in [0.2, 0.25) is 5.91 Å². The number of hydrogen-bond acceptors (Lipinski definition) is 6. The van der Waals surface area contributed by atoms with E-state index in [9.17, 15) is 9.59 Å². The Bertz CT molecular complexity index is 940. The molecule has 2 N–H and O–H groups in total. The standard InChI is InChI=1S/C23H28ClN3O5/c1-31-12-9-25-8-10-26-15-17-4-2-3-5-21(17)27(16-22(26)29)23(30)19-7-6-18(14-20(19)24)32-13-11-28/h2-7,14,25,28H,8-13,15-16H2,1H3. The number of halogens is 1. The van der Waals surface area contributed by atoms with Crippen LogP contribution in [-0.2, 0) is 16.1 Å². The summed E-state index contributed by atoms with van der Waals surface area (Å²) in [5.74, 6) is -0.0354. The molecule has 1 aliphatic rings. The number of ether oxygens (including phenoxy) is 2. The van der Waals surface area contributed by atoms with E-state index in [1.807, 2.05) is 24.3 Å². The van der Waals surface area contributed by atoms with Gasteiger partial charge in [-0.15, -0.1) is 0 Å². The first-order valence-corrected chi connectivity index (χ1v) is 10.8. The van der Waals surface area contributed by atoms with Gasteiger partial charge >= 0.3 is 0 Å². The maximum atomic E-state index is 13.4. The highest BCUT2D eigenvalue weighted by molar-refractivity contribution is 6.34. The van der Waals surface area contributed by atoms with Crippen molar-refractivity contribution >= 4 is 29.1 Å². The summed E-state index contributed by atoms with van der Waals surface area (Å²) in [5, 5.41) is 12.4. The van der Waals surface area contributed by atoms with Crippen LogP contribution in [0.4, 0.5) is 5.69 Å². The number of hydrogen-bond donors (Lipinski definition) is 2. The highest BCUT2D eigenvalue weighted by atomic mass is 35.5. The minimum absolute atomic E-state index is 0.0764. The van der Waals surface area contributed by atoms with Gasteiger partial charge in [-0.25, -0.2) is 0 Å². The second kappa shape index (κ2) is 11.8. The summed E-state index contributed by atoms with van der Waals surface area (Å²) >= 11 is 6.36. The average molecular weight is 462 g/mol. The summed E-state index contributed by atoms with van der Waals surface area (Å²) in [5.41, 5.74) is 1.86. The Hall–Kier alpha value is -2.65. The van der Waals surface area contributed by atoms with Crippen LogP contribution < -0.4 is 15.0 Å². The van der Waals surface area contributed by atoms with Gasteiger partial charge in [0.1, 0.15) is 18.9 Å². The lowest BCUT2D eigenvalue weighted by Gasteiger charge is -2.23. The number of carbonyl (C=O) groups excluding carboxylic acids is 2. The van der Waals surface area contributed by atoms with Crippen molar-refractivity contribution in [2.75, 3.05) is 58.0 Å². The molecular formula is C23H28ClN3O5. The lowest BCUT2D eigenvalue weighted by molar-refractivity contribution is -0.130. The van der Waals surface area contributed by atoms with E-state index < -0.39 is 0 Å². The van der Waals surface area contributed by atoms with Crippen LogP contribution in [0.3, 0.4) is 0 Å². The normalized spacial score (nSPS) is 13.7. The van der Waals surface area contributed by atoms with Gasteiger partial charge in [0.25, 0.3) is 5.91 Å². The molecule has 2 amide bonds. The highest BCUT2D eigenvalue weighted by Gasteiger charge is 2.30. The molecule has 0 radical (unpaired) electrons. The van der Waals surface area contributed by atoms with E-state index in [0.717, 1.165) is 5.56 Å². The van der Waals surface area contributed by atoms with Crippen LogP contribution in [0, 0.1) is 0 Å². The summed E-state index contributed by atoms with van der Waals surface area (Å²) in [6.07, 6.45) is 0. The molecule has 0 aromatic heterocycles. The number of benzene rings is 2. The lowest BCUT2D eigenvalue weighted by Crippen LogP contribution is -2.42. The minimum atomic E-state index is -0.357. The summed E-state index contributed by atoms with van der Waals surface area (Å²) in [4.78, 5) is 29.6. The van der Waals surface area contributed by atoms with Crippen molar-refractivity contribution in [2.24, 2.45) is 0 Å². The number of aliphatic hydroxyl groups excluding tert-OH is 1. The van der Waals surface area contributed by atoms with Crippen LogP contribution in [-0.4, -0.2) is 74.9 Å². The fourth-order valence-electron chi connectivity index (χ4n) is 3.49. The van der Waals surface area contributed by atoms with Crippen LogP contribution in [0.25, 0.3) is 0 Å². The van der Waals surface area contributed by atoms with E-state index in [2.05, 4.69) is 5.32 Å². The van der Waals surface area contributed by atoms with Crippen molar-refractivity contribution in [1.82, 2.24) is 10.2 Å². The SMILES string of the molecule is COCCNCCN1Cc2ccccc2N(C(=O)c2ccc(OCCO)cc2Cl)CC1=O.